The van der Waals surface area contributed by atoms with E-state index >= 15 is 0 Å². The van der Waals surface area contributed by atoms with E-state index in [1.54, 1.807) is 6.92 Å². The maximum absolute atomic E-state index is 12.2. The lowest BCUT2D eigenvalue weighted by molar-refractivity contribution is -0.138. The molecule has 0 aliphatic carbocycles. The highest BCUT2D eigenvalue weighted by molar-refractivity contribution is 5.91. The zero-order valence-electron chi connectivity index (χ0n) is 12.1. The van der Waals surface area contributed by atoms with Gasteiger partial charge >= 0.3 is 0 Å². The number of nitrogens with two attached hydrogens (primary N) is 1. The Balaban J connectivity index is 2.75. The van der Waals surface area contributed by atoms with Gasteiger partial charge in [0.1, 0.15) is 12.1 Å². The molecule has 8 heteroatoms. The van der Waals surface area contributed by atoms with E-state index in [1.807, 2.05) is 6.07 Å². The second-order valence-electron chi connectivity index (χ2n) is 5.31. The van der Waals surface area contributed by atoms with Gasteiger partial charge in [0.05, 0.1) is 12.2 Å². The van der Waals surface area contributed by atoms with Gasteiger partial charge in [0.15, 0.2) is 0 Å². The van der Waals surface area contributed by atoms with Gasteiger partial charge in [-0.1, -0.05) is 0 Å². The molecule has 1 aliphatic rings. The number of hydrogen-bond donors (Lipinski definition) is 3. The fourth-order valence-electron chi connectivity index (χ4n) is 2.33. The molecule has 8 nitrogen and oxygen atoms in total. The van der Waals surface area contributed by atoms with Gasteiger partial charge in [-0.25, -0.2) is 0 Å². The van der Waals surface area contributed by atoms with E-state index in [1.165, 1.54) is 11.8 Å². The Morgan fingerprint density at radius 1 is 1.52 bits per heavy atom. The molecule has 0 aromatic heterocycles. The summed E-state index contributed by atoms with van der Waals surface area (Å²) < 4.78 is 0. The van der Waals surface area contributed by atoms with Crippen molar-refractivity contribution in [3.63, 3.8) is 0 Å². The fraction of sp³-hybridized carbons (Fsp3) is 0.692. The molecular formula is C13H20N4O4. The highest BCUT2D eigenvalue weighted by Crippen LogP contribution is 2.18. The molecule has 0 unspecified atom stereocenters. The third-order valence-corrected chi connectivity index (χ3v) is 3.46. The SMILES string of the molecule is CC(=O)N1C[C@H](O)C[C@H]1C(=O)N[C@@H](C[C@H](C)C#N)C(N)=O. The summed E-state index contributed by atoms with van der Waals surface area (Å²) in [5.41, 5.74) is 5.22. The third-order valence-electron chi connectivity index (χ3n) is 3.46. The van der Waals surface area contributed by atoms with Crippen molar-refractivity contribution in [2.24, 2.45) is 11.7 Å². The van der Waals surface area contributed by atoms with Crippen molar-refractivity contribution >= 4 is 17.7 Å². The van der Waals surface area contributed by atoms with E-state index in [9.17, 15) is 19.5 Å². The van der Waals surface area contributed by atoms with Crippen LogP contribution in [0.5, 0.6) is 0 Å². The molecule has 4 N–H and O–H groups in total. The third kappa shape index (κ3) is 4.43. The van der Waals surface area contributed by atoms with Gasteiger partial charge in [0, 0.05) is 25.8 Å². The first-order chi connectivity index (χ1) is 9.76. The van der Waals surface area contributed by atoms with Gasteiger partial charge in [0.25, 0.3) is 0 Å². The van der Waals surface area contributed by atoms with E-state index in [-0.39, 0.29) is 25.3 Å². The smallest absolute Gasteiger partial charge is 0.243 e. The summed E-state index contributed by atoms with van der Waals surface area (Å²) in [7, 11) is 0. The summed E-state index contributed by atoms with van der Waals surface area (Å²) in [5, 5.41) is 20.8. The van der Waals surface area contributed by atoms with Crippen LogP contribution in [0.15, 0.2) is 0 Å². The van der Waals surface area contributed by atoms with Crippen molar-refractivity contribution in [1.29, 1.82) is 5.26 Å². The summed E-state index contributed by atoms with van der Waals surface area (Å²) in [6.07, 6.45) is -0.549. The molecular weight excluding hydrogens is 276 g/mol. The van der Waals surface area contributed by atoms with Crippen LogP contribution >= 0.6 is 0 Å². The van der Waals surface area contributed by atoms with Crippen LogP contribution in [0.4, 0.5) is 0 Å². The van der Waals surface area contributed by atoms with Gasteiger partial charge < -0.3 is 21.1 Å². The first kappa shape index (κ1) is 16.9. The normalized spacial score (nSPS) is 24.0. The number of aliphatic hydroxyl groups is 1. The van der Waals surface area contributed by atoms with Crippen molar-refractivity contribution in [3.05, 3.63) is 0 Å². The molecule has 116 valence electrons. The Morgan fingerprint density at radius 2 is 2.14 bits per heavy atom. The van der Waals surface area contributed by atoms with E-state index in [4.69, 9.17) is 11.0 Å². The van der Waals surface area contributed by atoms with Gasteiger partial charge in [0.2, 0.25) is 17.7 Å². The van der Waals surface area contributed by atoms with E-state index in [2.05, 4.69) is 5.32 Å². The molecule has 21 heavy (non-hydrogen) atoms. The molecule has 1 heterocycles. The van der Waals surface area contributed by atoms with Crippen LogP contribution in [0.25, 0.3) is 0 Å². The van der Waals surface area contributed by atoms with E-state index in [0.717, 1.165) is 0 Å². The minimum Gasteiger partial charge on any atom is -0.391 e. The topological polar surface area (TPSA) is 137 Å². The van der Waals surface area contributed by atoms with Crippen molar-refractivity contribution in [3.8, 4) is 6.07 Å². The summed E-state index contributed by atoms with van der Waals surface area (Å²) in [6.45, 7) is 3.01. The number of β-amino-alcohol motifs (C(OH)–C–C–N with tert-alkyl or cyclic N) is 1. The van der Waals surface area contributed by atoms with Crippen molar-refractivity contribution in [1.82, 2.24) is 10.2 Å². The highest BCUT2D eigenvalue weighted by Gasteiger charge is 2.38. The molecule has 4 atom stereocenters. The zero-order chi connectivity index (χ0) is 16.2. The number of carbonyl (C=O) groups is 3. The molecule has 0 aromatic carbocycles. The summed E-state index contributed by atoms with van der Waals surface area (Å²) in [5.74, 6) is -2.05. The second kappa shape index (κ2) is 7.04. The van der Waals surface area contributed by atoms with Gasteiger partial charge in [-0.15, -0.1) is 0 Å². The standard InChI is InChI=1S/C13H20N4O4/c1-7(5-14)3-10(12(15)20)16-13(21)11-4-9(19)6-17(11)8(2)18/h7,9-11,19H,3-4,6H2,1-2H3,(H2,15,20)(H,16,21)/t7-,9+,10-,11-/m0/s1. The van der Waals surface area contributed by atoms with Gasteiger partial charge in [-0.3, -0.25) is 14.4 Å². The summed E-state index contributed by atoms with van der Waals surface area (Å²) in [6, 6.07) is 0.168. The average Bonchev–Trinajstić information content (AvgIpc) is 2.79. The molecule has 0 aromatic rings. The quantitative estimate of drug-likeness (QED) is 0.566. The Bertz CT molecular complexity index is 473. The number of nitrogens with one attached hydrogen (secondary N) is 1. The molecule has 1 aliphatic heterocycles. The Morgan fingerprint density at radius 3 is 2.62 bits per heavy atom. The number of nitrogens with zero attached hydrogens (tertiary/aromatic N) is 2. The van der Waals surface area contributed by atoms with E-state index < -0.39 is 35.9 Å². The predicted molar refractivity (Wildman–Crippen MR) is 72.3 cm³/mol. The minimum atomic E-state index is -0.973. The van der Waals surface area contributed by atoms with Crippen molar-refractivity contribution in [2.45, 2.75) is 44.9 Å². The van der Waals surface area contributed by atoms with Crippen LogP contribution in [-0.4, -0.2) is 52.5 Å². The largest absolute Gasteiger partial charge is 0.391 e. The minimum absolute atomic E-state index is 0.0866. The molecule has 1 saturated heterocycles. The van der Waals surface area contributed by atoms with Crippen molar-refractivity contribution < 1.29 is 19.5 Å². The van der Waals surface area contributed by atoms with Crippen LogP contribution in [0, 0.1) is 17.2 Å². The number of nitriles is 1. The maximum atomic E-state index is 12.2. The molecule has 1 fully saturated rings. The number of carbonyl (C=O) groups excluding carboxylic acids is 3. The molecule has 0 saturated carbocycles. The number of rotatable bonds is 5. The number of likely N-dealkylation sites (tertiary alicyclic amines) is 1. The van der Waals surface area contributed by atoms with Crippen LogP contribution < -0.4 is 11.1 Å². The summed E-state index contributed by atoms with van der Waals surface area (Å²) >= 11 is 0. The van der Waals surface area contributed by atoms with Gasteiger partial charge in [-0.05, 0) is 13.3 Å². The molecule has 3 amide bonds. The van der Waals surface area contributed by atoms with Crippen LogP contribution in [0.3, 0.4) is 0 Å². The van der Waals surface area contributed by atoms with Crippen molar-refractivity contribution in [2.75, 3.05) is 6.54 Å². The zero-order valence-corrected chi connectivity index (χ0v) is 12.1. The molecule has 0 radical (unpaired) electrons. The molecule has 1 rings (SSSR count). The van der Waals surface area contributed by atoms with Crippen LogP contribution in [0.2, 0.25) is 0 Å². The second-order valence-corrected chi connectivity index (χ2v) is 5.31. The van der Waals surface area contributed by atoms with Gasteiger partial charge in [-0.2, -0.15) is 5.26 Å². The van der Waals surface area contributed by atoms with Crippen LogP contribution in [0.1, 0.15) is 26.7 Å². The predicted octanol–water partition coefficient (Wildman–Crippen LogP) is -1.51. The molecule has 0 bridgehead atoms. The van der Waals surface area contributed by atoms with E-state index in [0.29, 0.717) is 0 Å². The molecule has 0 spiro atoms. The Hall–Kier alpha value is -2.14. The monoisotopic (exact) mass is 296 g/mol. The number of aliphatic hydroxyl groups excluding tert-OH is 1. The maximum Gasteiger partial charge on any atom is 0.243 e. The summed E-state index contributed by atoms with van der Waals surface area (Å²) in [4.78, 5) is 36.2. The van der Waals surface area contributed by atoms with Crippen LogP contribution in [-0.2, 0) is 14.4 Å². The number of hydrogen-bond acceptors (Lipinski definition) is 5. The lowest BCUT2D eigenvalue weighted by Crippen LogP contribution is -2.52. The average molecular weight is 296 g/mol. The fourth-order valence-corrected chi connectivity index (χ4v) is 2.33. The first-order valence-electron chi connectivity index (χ1n) is 6.70. The number of amides is 3. The Kier molecular flexibility index (Phi) is 5.67. The Labute approximate surface area is 122 Å². The number of primary amides is 1. The highest BCUT2D eigenvalue weighted by atomic mass is 16.3. The first-order valence-corrected chi connectivity index (χ1v) is 6.70. The lowest BCUT2D eigenvalue weighted by atomic mass is 10.0. The lowest BCUT2D eigenvalue weighted by Gasteiger charge is -2.24.